The Balaban J connectivity index is 1.58. The molecule has 25 heavy (non-hydrogen) atoms. The van der Waals surface area contributed by atoms with E-state index in [4.69, 9.17) is 27.9 Å². The largest absolute Gasteiger partial charge is 0.492 e. The number of benzene rings is 1. The zero-order valence-corrected chi connectivity index (χ0v) is 17.1. The Hall–Kier alpha value is -0.440. The van der Waals surface area contributed by atoms with Gasteiger partial charge in [0.05, 0.1) is 11.6 Å². The Kier molecular flexibility index (Phi) is 4.34. The molecule has 4 aliphatic carbocycles. The monoisotopic (exact) mass is 381 g/mol. The van der Waals surface area contributed by atoms with Crippen LogP contribution in [-0.4, -0.2) is 12.1 Å². The number of nitrogens with one attached hydrogen (secondary N) is 1. The zero-order valence-electron chi connectivity index (χ0n) is 15.6. The Labute approximate surface area is 161 Å². The van der Waals surface area contributed by atoms with Crippen molar-refractivity contribution in [3.63, 3.8) is 0 Å². The smallest absolute Gasteiger partial charge is 0.142 e. The lowest BCUT2D eigenvalue weighted by Crippen LogP contribution is -2.63. The van der Waals surface area contributed by atoms with Gasteiger partial charge in [0, 0.05) is 22.7 Å². The van der Waals surface area contributed by atoms with Crippen molar-refractivity contribution < 1.29 is 4.74 Å². The molecule has 0 spiro atoms. The highest BCUT2D eigenvalue weighted by Gasteiger charge is 2.59. The van der Waals surface area contributed by atoms with Crippen LogP contribution in [0.5, 0.6) is 5.75 Å². The molecule has 1 aromatic rings. The second-order valence-electron chi connectivity index (χ2n) is 9.57. The van der Waals surface area contributed by atoms with Gasteiger partial charge in [0.15, 0.2) is 0 Å². The Morgan fingerprint density at radius 2 is 1.76 bits per heavy atom. The van der Waals surface area contributed by atoms with E-state index < -0.39 is 0 Å². The van der Waals surface area contributed by atoms with Gasteiger partial charge in [0.1, 0.15) is 5.75 Å². The summed E-state index contributed by atoms with van der Waals surface area (Å²) in [5, 5.41) is 5.23. The molecule has 0 aromatic heterocycles. The molecular weight excluding hydrogens is 353 g/mol. The minimum atomic E-state index is 0.265. The van der Waals surface area contributed by atoms with Crippen molar-refractivity contribution >= 4 is 23.2 Å². The van der Waals surface area contributed by atoms with Gasteiger partial charge in [-0.15, -0.1) is 0 Å². The summed E-state index contributed by atoms with van der Waals surface area (Å²) in [5.74, 6) is 1.66. The molecule has 0 amide bonds. The number of ether oxygens (including phenoxy) is 1. The average molecular weight is 382 g/mol. The quantitative estimate of drug-likeness (QED) is 0.652. The Morgan fingerprint density at radius 3 is 2.36 bits per heavy atom. The highest BCUT2D eigenvalue weighted by molar-refractivity contribution is 6.35. The first-order valence-electron chi connectivity index (χ1n) is 9.60. The molecule has 2 nitrogen and oxygen atoms in total. The fourth-order valence-corrected chi connectivity index (χ4v) is 7.57. The van der Waals surface area contributed by atoms with Crippen molar-refractivity contribution in [1.29, 1.82) is 0 Å². The lowest BCUT2D eigenvalue weighted by molar-refractivity contribution is -0.118. The molecule has 5 rings (SSSR count). The predicted molar refractivity (Wildman–Crippen MR) is 105 cm³/mol. The Bertz CT molecular complexity index is 671. The van der Waals surface area contributed by atoms with E-state index >= 15 is 0 Å². The highest BCUT2D eigenvalue weighted by Crippen LogP contribution is 2.66. The van der Waals surface area contributed by atoms with E-state index in [-0.39, 0.29) is 5.54 Å². The van der Waals surface area contributed by atoms with Gasteiger partial charge in [-0.3, -0.25) is 0 Å². The van der Waals surface area contributed by atoms with Crippen molar-refractivity contribution in [1.82, 2.24) is 5.32 Å². The summed E-state index contributed by atoms with van der Waals surface area (Å²) in [4.78, 5) is 0. The second kappa shape index (κ2) is 6.04. The maximum Gasteiger partial charge on any atom is 0.142 e. The number of rotatable bonds is 5. The van der Waals surface area contributed by atoms with Crippen molar-refractivity contribution in [2.75, 3.05) is 6.61 Å². The van der Waals surface area contributed by atoms with Crippen LogP contribution in [0.1, 0.15) is 64.9 Å². The first kappa shape index (κ1) is 17.9. The van der Waals surface area contributed by atoms with Gasteiger partial charge in [-0.25, -0.2) is 0 Å². The van der Waals surface area contributed by atoms with Crippen LogP contribution >= 0.6 is 23.2 Å². The molecule has 2 unspecified atom stereocenters. The summed E-state index contributed by atoms with van der Waals surface area (Å²) in [6.07, 6.45) is 8.14. The highest BCUT2D eigenvalue weighted by atomic mass is 35.5. The fraction of sp³-hybridized carbons (Fsp3) is 0.714. The van der Waals surface area contributed by atoms with Crippen LogP contribution in [0.4, 0.5) is 0 Å². The van der Waals surface area contributed by atoms with Gasteiger partial charge in [-0.2, -0.15) is 0 Å². The van der Waals surface area contributed by atoms with Crippen LogP contribution in [0.15, 0.2) is 12.1 Å². The molecule has 0 aliphatic heterocycles. The summed E-state index contributed by atoms with van der Waals surface area (Å²) in [7, 11) is 0. The topological polar surface area (TPSA) is 21.3 Å². The van der Waals surface area contributed by atoms with Crippen LogP contribution in [0.3, 0.4) is 0 Å². The third kappa shape index (κ3) is 3.31. The molecule has 1 aromatic carbocycles. The summed E-state index contributed by atoms with van der Waals surface area (Å²) in [5.41, 5.74) is 2.36. The van der Waals surface area contributed by atoms with Crippen LogP contribution in [0.25, 0.3) is 0 Å². The molecule has 4 fully saturated rings. The van der Waals surface area contributed by atoms with E-state index in [9.17, 15) is 0 Å². The number of hydrogen-bond donors (Lipinski definition) is 1. The van der Waals surface area contributed by atoms with E-state index in [0.717, 1.165) is 23.8 Å². The third-order valence-electron chi connectivity index (χ3n) is 6.65. The molecule has 4 aliphatic rings. The minimum absolute atomic E-state index is 0.265. The van der Waals surface area contributed by atoms with E-state index in [1.807, 2.05) is 13.0 Å². The molecule has 2 atom stereocenters. The van der Waals surface area contributed by atoms with E-state index in [1.54, 1.807) is 6.07 Å². The van der Waals surface area contributed by atoms with E-state index in [1.165, 1.54) is 38.5 Å². The van der Waals surface area contributed by atoms with Crippen LogP contribution < -0.4 is 10.1 Å². The lowest BCUT2D eigenvalue weighted by atomic mass is 9.43. The van der Waals surface area contributed by atoms with Gasteiger partial charge in [0.25, 0.3) is 0 Å². The van der Waals surface area contributed by atoms with E-state index in [2.05, 4.69) is 19.2 Å². The van der Waals surface area contributed by atoms with Crippen molar-refractivity contribution in [2.24, 2.45) is 16.7 Å². The van der Waals surface area contributed by atoms with Gasteiger partial charge in [-0.05, 0) is 74.3 Å². The summed E-state index contributed by atoms with van der Waals surface area (Å²) < 4.78 is 5.80. The van der Waals surface area contributed by atoms with Crippen molar-refractivity contribution in [3.8, 4) is 5.75 Å². The second-order valence-corrected chi connectivity index (χ2v) is 10.4. The molecule has 4 saturated carbocycles. The average Bonchev–Trinajstić information content (AvgIpc) is 2.44. The van der Waals surface area contributed by atoms with Crippen LogP contribution in [-0.2, 0) is 6.54 Å². The predicted octanol–water partition coefficient (Wildman–Crippen LogP) is 6.23. The minimum Gasteiger partial charge on any atom is -0.492 e. The molecule has 0 saturated heterocycles. The maximum atomic E-state index is 6.38. The number of hydrogen-bond acceptors (Lipinski definition) is 2. The van der Waals surface area contributed by atoms with E-state index in [0.29, 0.717) is 27.5 Å². The molecule has 4 bridgehead atoms. The molecule has 0 heterocycles. The molecule has 138 valence electrons. The van der Waals surface area contributed by atoms with Gasteiger partial charge < -0.3 is 10.1 Å². The van der Waals surface area contributed by atoms with Gasteiger partial charge in [-0.1, -0.05) is 37.0 Å². The van der Waals surface area contributed by atoms with Gasteiger partial charge in [0.2, 0.25) is 0 Å². The standard InChI is InChI=1S/C21H29Cl2NO/c1-4-25-18-15(5-16(22)6-17(18)23)10-24-21-9-14-7-19(2,12-21)11-20(3,8-14)13-21/h5-6,14,24H,4,7-13H2,1-3H3. The molecule has 4 heteroatoms. The third-order valence-corrected chi connectivity index (χ3v) is 7.15. The van der Waals surface area contributed by atoms with Crippen molar-refractivity contribution in [3.05, 3.63) is 27.7 Å². The molecular formula is C21H29Cl2NO. The summed E-state index contributed by atoms with van der Waals surface area (Å²) >= 11 is 12.6. The zero-order chi connectivity index (χ0) is 17.9. The van der Waals surface area contributed by atoms with Gasteiger partial charge >= 0.3 is 0 Å². The summed E-state index contributed by atoms with van der Waals surface area (Å²) in [6.45, 7) is 8.39. The molecule has 0 radical (unpaired) electrons. The lowest BCUT2D eigenvalue weighted by Gasteiger charge is -2.65. The maximum absolute atomic E-state index is 6.38. The first-order chi connectivity index (χ1) is 11.7. The summed E-state index contributed by atoms with van der Waals surface area (Å²) in [6, 6.07) is 3.76. The van der Waals surface area contributed by atoms with Crippen molar-refractivity contribution in [2.45, 2.75) is 71.4 Å². The Morgan fingerprint density at radius 1 is 1.08 bits per heavy atom. The van der Waals surface area contributed by atoms with Crippen LogP contribution in [0, 0.1) is 16.7 Å². The first-order valence-corrected chi connectivity index (χ1v) is 10.4. The molecule has 1 N–H and O–H groups in total. The number of halogens is 2. The SMILES string of the molecule is CCOc1c(Cl)cc(Cl)cc1CNC12CC3CC(C)(CC(C)(C3)C1)C2. The normalized spacial score (nSPS) is 39.0. The fourth-order valence-electron chi connectivity index (χ4n) is 6.98. The van der Waals surface area contributed by atoms with Crippen LogP contribution in [0.2, 0.25) is 10.0 Å².